The first-order chi connectivity index (χ1) is 10.1. The van der Waals surface area contributed by atoms with Crippen molar-refractivity contribution in [3.8, 4) is 0 Å². The number of carboxylic acids is 1. The SMILES string of the molecule is Cc1oc(S(=O)(=O)N(C)C)cc1C(=O)NC(C)CCC(=O)O. The second-order valence-electron chi connectivity index (χ2n) is 5.13. The Bertz CT molecular complexity index is 662. The van der Waals surface area contributed by atoms with Crippen LogP contribution in [0.25, 0.3) is 0 Å². The molecule has 8 nitrogen and oxygen atoms in total. The van der Waals surface area contributed by atoms with E-state index in [0.29, 0.717) is 0 Å². The van der Waals surface area contributed by atoms with Gasteiger partial charge in [0.25, 0.3) is 15.9 Å². The zero-order valence-corrected chi connectivity index (χ0v) is 13.7. The Labute approximate surface area is 129 Å². The van der Waals surface area contributed by atoms with Crippen molar-refractivity contribution in [2.75, 3.05) is 14.1 Å². The van der Waals surface area contributed by atoms with Gasteiger partial charge in [-0.3, -0.25) is 9.59 Å². The minimum Gasteiger partial charge on any atom is -0.481 e. The Morgan fingerprint density at radius 3 is 2.50 bits per heavy atom. The predicted molar refractivity (Wildman–Crippen MR) is 78.1 cm³/mol. The maximum Gasteiger partial charge on any atom is 0.303 e. The van der Waals surface area contributed by atoms with Gasteiger partial charge in [0.1, 0.15) is 5.76 Å². The summed E-state index contributed by atoms with van der Waals surface area (Å²) >= 11 is 0. The average molecular weight is 332 g/mol. The van der Waals surface area contributed by atoms with Crippen LogP contribution >= 0.6 is 0 Å². The summed E-state index contributed by atoms with van der Waals surface area (Å²) in [5, 5.41) is 10.9. The summed E-state index contributed by atoms with van der Waals surface area (Å²) in [6.45, 7) is 3.17. The lowest BCUT2D eigenvalue weighted by atomic mass is 10.1. The molecule has 0 aliphatic rings. The molecule has 0 aromatic carbocycles. The van der Waals surface area contributed by atoms with Crippen molar-refractivity contribution in [1.82, 2.24) is 9.62 Å². The van der Waals surface area contributed by atoms with Crippen LogP contribution in [-0.2, 0) is 14.8 Å². The van der Waals surface area contributed by atoms with Crippen molar-refractivity contribution < 1.29 is 27.5 Å². The standard InChI is InChI=1S/C13H20N2O6S/c1-8(5-6-11(16)17)14-13(18)10-7-12(21-9(10)2)22(19,20)15(3)4/h7-8H,5-6H2,1-4H3,(H,14,18)(H,16,17). The van der Waals surface area contributed by atoms with Crippen LogP contribution < -0.4 is 5.32 Å². The van der Waals surface area contributed by atoms with E-state index < -0.39 is 21.9 Å². The lowest BCUT2D eigenvalue weighted by Crippen LogP contribution is -2.33. The third kappa shape index (κ3) is 4.31. The molecule has 0 spiro atoms. The van der Waals surface area contributed by atoms with Gasteiger partial charge < -0.3 is 14.8 Å². The van der Waals surface area contributed by atoms with E-state index in [4.69, 9.17) is 9.52 Å². The molecule has 2 N–H and O–H groups in total. The molecule has 1 amide bonds. The van der Waals surface area contributed by atoms with Crippen molar-refractivity contribution in [2.24, 2.45) is 0 Å². The van der Waals surface area contributed by atoms with Gasteiger partial charge in [-0.05, 0) is 20.3 Å². The summed E-state index contributed by atoms with van der Waals surface area (Å²) in [6.07, 6.45) is 0.215. The minimum absolute atomic E-state index is 0.0634. The van der Waals surface area contributed by atoms with E-state index in [1.165, 1.54) is 27.1 Å². The van der Waals surface area contributed by atoms with Crippen molar-refractivity contribution in [2.45, 2.75) is 37.8 Å². The first-order valence-corrected chi connectivity index (χ1v) is 8.05. The molecule has 1 aromatic heterocycles. The molecule has 0 bridgehead atoms. The summed E-state index contributed by atoms with van der Waals surface area (Å²) in [5.74, 6) is -1.26. The number of sulfonamides is 1. The number of rotatable bonds is 7. The summed E-state index contributed by atoms with van der Waals surface area (Å²) in [4.78, 5) is 22.6. The van der Waals surface area contributed by atoms with Gasteiger partial charge in [0.15, 0.2) is 0 Å². The number of amides is 1. The van der Waals surface area contributed by atoms with Gasteiger partial charge in [0.2, 0.25) is 5.09 Å². The highest BCUT2D eigenvalue weighted by molar-refractivity contribution is 7.88. The highest BCUT2D eigenvalue weighted by Crippen LogP contribution is 2.21. The van der Waals surface area contributed by atoms with Crippen molar-refractivity contribution in [3.05, 3.63) is 17.4 Å². The molecule has 9 heteroatoms. The summed E-state index contributed by atoms with van der Waals surface area (Å²) in [7, 11) is -1.03. The van der Waals surface area contributed by atoms with Crippen LogP contribution in [0.15, 0.2) is 15.6 Å². The fourth-order valence-corrected chi connectivity index (χ4v) is 2.56. The van der Waals surface area contributed by atoms with Gasteiger partial charge >= 0.3 is 5.97 Å². The molecule has 0 radical (unpaired) electrons. The van der Waals surface area contributed by atoms with E-state index >= 15 is 0 Å². The van der Waals surface area contributed by atoms with Gasteiger partial charge in [-0.25, -0.2) is 12.7 Å². The molecule has 0 saturated carbocycles. The number of nitrogens with zero attached hydrogens (tertiary/aromatic N) is 1. The van der Waals surface area contributed by atoms with Crippen LogP contribution in [-0.4, -0.2) is 49.8 Å². The van der Waals surface area contributed by atoms with Crippen LogP contribution in [0, 0.1) is 6.92 Å². The Morgan fingerprint density at radius 1 is 1.41 bits per heavy atom. The molecule has 0 aliphatic heterocycles. The van der Waals surface area contributed by atoms with E-state index in [9.17, 15) is 18.0 Å². The highest BCUT2D eigenvalue weighted by Gasteiger charge is 2.26. The number of carbonyl (C=O) groups is 2. The minimum atomic E-state index is -3.75. The number of carboxylic acid groups (broad SMARTS) is 1. The number of aryl methyl sites for hydroxylation is 1. The smallest absolute Gasteiger partial charge is 0.303 e. The van der Waals surface area contributed by atoms with Gasteiger partial charge in [-0.15, -0.1) is 0 Å². The van der Waals surface area contributed by atoms with Gasteiger partial charge in [0, 0.05) is 32.6 Å². The maximum atomic E-state index is 12.1. The molecule has 0 fully saturated rings. The molecule has 124 valence electrons. The quantitative estimate of drug-likeness (QED) is 0.763. The van der Waals surface area contributed by atoms with Gasteiger partial charge in [-0.2, -0.15) is 0 Å². The molecule has 1 unspecified atom stereocenters. The predicted octanol–water partition coefficient (Wildman–Crippen LogP) is 0.821. The summed E-state index contributed by atoms with van der Waals surface area (Å²) in [6, 6.07) is 0.816. The third-order valence-corrected chi connectivity index (χ3v) is 4.71. The molecular weight excluding hydrogens is 312 g/mol. The molecule has 1 heterocycles. The third-order valence-electron chi connectivity index (χ3n) is 3.04. The lowest BCUT2D eigenvalue weighted by Gasteiger charge is -2.12. The fraction of sp³-hybridized carbons (Fsp3) is 0.538. The monoisotopic (exact) mass is 332 g/mol. The van der Waals surface area contributed by atoms with E-state index in [2.05, 4.69) is 5.32 Å². The number of aliphatic carboxylic acids is 1. The Hall–Kier alpha value is -1.87. The second kappa shape index (κ2) is 6.93. The van der Waals surface area contributed by atoms with Crippen molar-refractivity contribution in [1.29, 1.82) is 0 Å². The lowest BCUT2D eigenvalue weighted by molar-refractivity contribution is -0.137. The van der Waals surface area contributed by atoms with Crippen LogP contribution in [0.4, 0.5) is 0 Å². The van der Waals surface area contributed by atoms with E-state index in [1.807, 2.05) is 0 Å². The number of hydrogen-bond acceptors (Lipinski definition) is 5. The number of hydrogen-bond donors (Lipinski definition) is 2. The van der Waals surface area contributed by atoms with Crippen LogP contribution in [0.3, 0.4) is 0 Å². The van der Waals surface area contributed by atoms with Crippen molar-refractivity contribution in [3.63, 3.8) is 0 Å². The van der Waals surface area contributed by atoms with Crippen LogP contribution in [0.2, 0.25) is 0 Å². The zero-order valence-electron chi connectivity index (χ0n) is 12.9. The highest BCUT2D eigenvalue weighted by atomic mass is 32.2. The molecule has 1 aromatic rings. The van der Waals surface area contributed by atoms with Crippen LogP contribution in [0.5, 0.6) is 0 Å². The molecule has 22 heavy (non-hydrogen) atoms. The number of nitrogens with one attached hydrogen (secondary N) is 1. The van der Waals surface area contributed by atoms with Gasteiger partial charge in [-0.1, -0.05) is 0 Å². The normalized spacial score (nSPS) is 13.1. The van der Waals surface area contributed by atoms with Crippen molar-refractivity contribution >= 4 is 21.9 Å². The number of carbonyl (C=O) groups excluding carboxylic acids is 1. The van der Waals surface area contributed by atoms with E-state index in [0.717, 1.165) is 4.31 Å². The zero-order chi connectivity index (χ0) is 17.1. The Kier molecular flexibility index (Phi) is 5.72. The summed E-state index contributed by atoms with van der Waals surface area (Å²) in [5.41, 5.74) is 0.114. The Balaban J connectivity index is 2.88. The molecule has 1 atom stereocenters. The topological polar surface area (TPSA) is 117 Å². The molecule has 0 aliphatic carbocycles. The van der Waals surface area contributed by atoms with Gasteiger partial charge in [0.05, 0.1) is 5.56 Å². The van der Waals surface area contributed by atoms with E-state index in [-0.39, 0.29) is 35.3 Å². The van der Waals surface area contributed by atoms with Crippen LogP contribution in [0.1, 0.15) is 35.9 Å². The van der Waals surface area contributed by atoms with E-state index in [1.54, 1.807) is 6.92 Å². The molecule has 1 rings (SSSR count). The molecule has 0 saturated heterocycles. The Morgan fingerprint density at radius 2 is 2.00 bits per heavy atom. The first-order valence-electron chi connectivity index (χ1n) is 6.61. The summed E-state index contributed by atoms with van der Waals surface area (Å²) < 4.78 is 30.1. The fourth-order valence-electron chi connectivity index (χ4n) is 1.70. The number of furan rings is 1. The average Bonchev–Trinajstić information content (AvgIpc) is 2.79. The second-order valence-corrected chi connectivity index (χ2v) is 7.21. The molecular formula is C13H20N2O6S. The maximum absolute atomic E-state index is 12.1. The largest absolute Gasteiger partial charge is 0.481 e. The first kappa shape index (κ1) is 18.2.